The van der Waals surface area contributed by atoms with Gasteiger partial charge < -0.3 is 9.84 Å². The molecule has 0 unspecified atom stereocenters. The maximum atomic E-state index is 12.2. The molecule has 1 rings (SSSR count). The number of carbonyl (C=O) groups excluding carboxylic acids is 1. The molecule has 0 aliphatic carbocycles. The number of alkyl carbamates (subject to hydrolysis) is 1. The maximum absolute atomic E-state index is 12.2. The van der Waals surface area contributed by atoms with Crippen LogP contribution >= 0.6 is 0 Å². The number of nitrogens with zero attached hydrogens (tertiary/aromatic N) is 1. The fourth-order valence-electron chi connectivity index (χ4n) is 2.05. The van der Waals surface area contributed by atoms with E-state index in [1.165, 1.54) is 0 Å². The summed E-state index contributed by atoms with van der Waals surface area (Å²) in [4.78, 5) is 26.6. The van der Waals surface area contributed by atoms with Gasteiger partial charge in [0.2, 0.25) is 5.96 Å². The molecule has 0 fully saturated rings. The van der Waals surface area contributed by atoms with Crippen LogP contribution in [0.15, 0.2) is 29.3 Å². The second-order valence-corrected chi connectivity index (χ2v) is 6.65. The highest BCUT2D eigenvalue weighted by molar-refractivity contribution is 6.00. The largest absolute Gasteiger partial charge is 0.465 e. The average molecular weight is 367 g/mol. The zero-order valence-corrected chi connectivity index (χ0v) is 15.3. The Morgan fingerprint density at radius 3 is 2.19 bits per heavy atom. The molecule has 0 atom stereocenters. The highest BCUT2D eigenvalue weighted by atomic mass is 19.1. The van der Waals surface area contributed by atoms with Crippen LogP contribution in [0.3, 0.4) is 0 Å². The second kappa shape index (κ2) is 10.4. The monoisotopic (exact) mass is 367 g/mol. The molecule has 0 aromatic heterocycles. The van der Waals surface area contributed by atoms with Gasteiger partial charge in [-0.15, -0.1) is 0 Å². The smallest absolute Gasteiger partial charge is 0.414 e. The number of halogens is 1. The molecule has 0 bridgehead atoms. The Balaban J connectivity index is 2.60. The van der Waals surface area contributed by atoms with E-state index < -0.39 is 17.8 Å². The van der Waals surface area contributed by atoms with Crippen molar-refractivity contribution in [1.82, 2.24) is 10.6 Å². The zero-order chi connectivity index (χ0) is 19.6. The van der Waals surface area contributed by atoms with E-state index in [4.69, 9.17) is 9.84 Å². The molecule has 144 valence electrons. The van der Waals surface area contributed by atoms with E-state index in [0.717, 1.165) is 11.1 Å². The van der Waals surface area contributed by atoms with Crippen molar-refractivity contribution in [3.8, 4) is 0 Å². The summed E-state index contributed by atoms with van der Waals surface area (Å²) >= 11 is 0. The molecule has 1 aromatic carbocycles. The number of carboxylic acid groups (broad SMARTS) is 1. The number of guanidine groups is 1. The number of rotatable bonds is 6. The lowest BCUT2D eigenvalue weighted by molar-refractivity contribution is 0.0561. The molecule has 3 N–H and O–H groups in total. The van der Waals surface area contributed by atoms with E-state index in [1.54, 1.807) is 20.8 Å². The molecule has 8 heteroatoms. The van der Waals surface area contributed by atoms with E-state index in [0.29, 0.717) is 19.3 Å². The molecule has 0 aliphatic rings. The predicted molar refractivity (Wildman–Crippen MR) is 97.3 cm³/mol. The summed E-state index contributed by atoms with van der Waals surface area (Å²) in [6.07, 6.45) is -0.366. The number of hydrogen-bond donors (Lipinski definition) is 3. The minimum Gasteiger partial charge on any atom is -0.465 e. The molecule has 0 saturated carbocycles. The molecule has 7 nitrogen and oxygen atoms in total. The van der Waals surface area contributed by atoms with Crippen LogP contribution in [0.4, 0.5) is 14.0 Å². The van der Waals surface area contributed by atoms with Crippen LogP contribution in [0.25, 0.3) is 0 Å². The summed E-state index contributed by atoms with van der Waals surface area (Å²) in [5.74, 6) is -0.189. The summed E-state index contributed by atoms with van der Waals surface area (Å²) in [6.45, 7) is 5.04. The molecule has 0 spiro atoms. The zero-order valence-electron chi connectivity index (χ0n) is 15.3. The number of aryl methyl sites for hydroxylation is 1. The number of nitrogens with one attached hydrogen (secondary N) is 2. The predicted octanol–water partition coefficient (Wildman–Crippen LogP) is 3.28. The van der Waals surface area contributed by atoms with Gasteiger partial charge in [0.15, 0.2) is 0 Å². The van der Waals surface area contributed by atoms with Gasteiger partial charge in [-0.05, 0) is 51.2 Å². The fraction of sp³-hybridized carbons (Fsp3) is 0.500. The van der Waals surface area contributed by atoms with Crippen molar-refractivity contribution >= 4 is 18.1 Å². The van der Waals surface area contributed by atoms with Crippen molar-refractivity contribution in [2.75, 3.05) is 13.2 Å². The van der Waals surface area contributed by atoms with Crippen molar-refractivity contribution in [3.63, 3.8) is 0 Å². The van der Waals surface area contributed by atoms with Crippen molar-refractivity contribution in [1.29, 1.82) is 0 Å². The molecule has 1 aromatic rings. The first-order valence-electron chi connectivity index (χ1n) is 8.38. The number of benzene rings is 1. The number of aliphatic imine (C=N–C) groups is 1. The van der Waals surface area contributed by atoms with Crippen molar-refractivity contribution in [2.24, 2.45) is 4.99 Å². The molecule has 0 radical (unpaired) electrons. The fourth-order valence-corrected chi connectivity index (χ4v) is 2.05. The third kappa shape index (κ3) is 9.61. The Morgan fingerprint density at radius 1 is 1.12 bits per heavy atom. The van der Waals surface area contributed by atoms with Gasteiger partial charge >= 0.3 is 12.2 Å². The SMILES string of the molecule is CC(C)(C)OC(=O)NC(=NCCc1ccc(CCCF)cc1)NC(=O)O. The molecule has 0 saturated heterocycles. The van der Waals surface area contributed by atoms with E-state index in [2.05, 4.69) is 10.3 Å². The minimum absolute atomic E-state index is 0.189. The summed E-state index contributed by atoms with van der Waals surface area (Å²) in [5, 5.41) is 13.2. The summed E-state index contributed by atoms with van der Waals surface area (Å²) in [5.41, 5.74) is 1.36. The first kappa shape index (κ1) is 21.4. The molecule has 0 heterocycles. The lowest BCUT2D eigenvalue weighted by Gasteiger charge is -2.20. The second-order valence-electron chi connectivity index (χ2n) is 6.65. The van der Waals surface area contributed by atoms with Gasteiger partial charge in [-0.2, -0.15) is 0 Å². The number of amides is 2. The first-order valence-corrected chi connectivity index (χ1v) is 8.38. The Hall–Kier alpha value is -2.64. The Labute approximate surface area is 152 Å². The average Bonchev–Trinajstić information content (AvgIpc) is 2.51. The van der Waals surface area contributed by atoms with Crippen LogP contribution in [0.1, 0.15) is 38.3 Å². The van der Waals surface area contributed by atoms with Crippen LogP contribution < -0.4 is 10.6 Å². The number of alkyl halides is 1. The quantitative estimate of drug-likeness (QED) is 0.531. The van der Waals surface area contributed by atoms with Crippen LogP contribution in [0.2, 0.25) is 0 Å². The third-order valence-corrected chi connectivity index (χ3v) is 3.14. The van der Waals surface area contributed by atoms with Crippen LogP contribution in [0, 0.1) is 0 Å². The standard InChI is InChI=1S/C18H26FN3O4/c1-18(2,3)26-17(25)22-15(21-16(23)24)20-12-10-14-8-6-13(7-9-14)5-4-11-19/h6-9H,4-5,10-12H2,1-3H3,(H,23,24)(H2,20,21,22,25). The van der Waals surface area contributed by atoms with Crippen LogP contribution in [-0.4, -0.2) is 42.1 Å². The van der Waals surface area contributed by atoms with Crippen molar-refractivity contribution in [2.45, 2.75) is 45.6 Å². The Bertz CT molecular complexity index is 624. The van der Waals surface area contributed by atoms with Crippen molar-refractivity contribution in [3.05, 3.63) is 35.4 Å². The minimum atomic E-state index is -1.34. The molecule has 26 heavy (non-hydrogen) atoms. The van der Waals surface area contributed by atoms with Gasteiger partial charge in [-0.25, -0.2) is 9.59 Å². The van der Waals surface area contributed by atoms with Crippen molar-refractivity contribution < 1.29 is 23.8 Å². The lowest BCUT2D eigenvalue weighted by Crippen LogP contribution is -2.45. The van der Waals surface area contributed by atoms with Gasteiger partial charge in [0.05, 0.1) is 6.67 Å². The van der Waals surface area contributed by atoms with E-state index >= 15 is 0 Å². The maximum Gasteiger partial charge on any atom is 0.414 e. The van der Waals surface area contributed by atoms with Crippen LogP contribution in [0.5, 0.6) is 0 Å². The molecular formula is C18H26FN3O4. The summed E-state index contributed by atoms with van der Waals surface area (Å²) in [6, 6.07) is 7.72. The Morgan fingerprint density at radius 2 is 1.69 bits per heavy atom. The van der Waals surface area contributed by atoms with Gasteiger partial charge in [0.1, 0.15) is 5.60 Å². The summed E-state index contributed by atoms with van der Waals surface area (Å²) < 4.78 is 17.2. The van der Waals surface area contributed by atoms with E-state index in [1.807, 2.05) is 29.6 Å². The number of carbonyl (C=O) groups is 2. The highest BCUT2D eigenvalue weighted by Crippen LogP contribution is 2.08. The van der Waals surface area contributed by atoms with Gasteiger partial charge in [-0.3, -0.25) is 20.0 Å². The number of hydrogen-bond acceptors (Lipinski definition) is 4. The van der Waals surface area contributed by atoms with Crippen LogP contribution in [-0.2, 0) is 17.6 Å². The number of ether oxygens (including phenoxy) is 1. The normalized spacial score (nSPS) is 11.8. The molecule has 0 aliphatic heterocycles. The first-order chi connectivity index (χ1) is 12.2. The lowest BCUT2D eigenvalue weighted by atomic mass is 10.1. The van der Waals surface area contributed by atoms with Gasteiger partial charge in [0.25, 0.3) is 0 Å². The van der Waals surface area contributed by atoms with Gasteiger partial charge in [0, 0.05) is 6.54 Å². The van der Waals surface area contributed by atoms with E-state index in [9.17, 15) is 14.0 Å². The third-order valence-electron chi connectivity index (χ3n) is 3.14. The Kier molecular flexibility index (Phi) is 8.54. The van der Waals surface area contributed by atoms with Gasteiger partial charge in [-0.1, -0.05) is 24.3 Å². The molecular weight excluding hydrogens is 341 g/mol. The highest BCUT2D eigenvalue weighted by Gasteiger charge is 2.18. The van der Waals surface area contributed by atoms with E-state index in [-0.39, 0.29) is 19.2 Å². The summed E-state index contributed by atoms with van der Waals surface area (Å²) in [7, 11) is 0. The molecule has 2 amide bonds. The topological polar surface area (TPSA) is 100 Å².